The molecule has 1 aliphatic heterocycles. The number of carbonyl (C=O) groups is 3. The lowest BCUT2D eigenvalue weighted by Crippen LogP contribution is -2.31. The standard InChI is InChI=1S/C30H32FN5O4/c1-19(37)36(17-5-16-35(2)3)24-13-11-22(12-14-24)32-28(20-6-9-23(10-7-20)33-30(39)40-4)27-25-15-8-21(31)18-26(25)34-29(27)38/h6-15,18,27H,5,16-17H2,1-4H3,(H,33,39)(H,34,38). The van der Waals surface area contributed by atoms with Gasteiger partial charge in [-0.1, -0.05) is 18.2 Å². The molecule has 0 aliphatic carbocycles. The number of hydrogen-bond acceptors (Lipinski definition) is 6. The molecule has 4 rings (SSSR count). The second kappa shape index (κ2) is 12.5. The molecule has 0 spiro atoms. The van der Waals surface area contributed by atoms with Crippen LogP contribution >= 0.6 is 0 Å². The molecule has 2 N–H and O–H groups in total. The van der Waals surface area contributed by atoms with Gasteiger partial charge in [0, 0.05) is 30.5 Å². The fraction of sp³-hybridized carbons (Fsp3) is 0.267. The summed E-state index contributed by atoms with van der Waals surface area (Å²) in [5.74, 6) is -1.61. The maximum atomic E-state index is 13.9. The second-order valence-electron chi connectivity index (χ2n) is 9.69. The Morgan fingerprint density at radius 2 is 1.73 bits per heavy atom. The topological polar surface area (TPSA) is 103 Å². The summed E-state index contributed by atoms with van der Waals surface area (Å²) < 4.78 is 18.5. The molecule has 1 unspecified atom stereocenters. The molecule has 3 aromatic carbocycles. The Hall–Kier alpha value is -4.57. The van der Waals surface area contributed by atoms with Gasteiger partial charge in [0.15, 0.2) is 0 Å². The lowest BCUT2D eigenvalue weighted by molar-refractivity contribution is -0.117. The molecular weight excluding hydrogens is 513 g/mol. The van der Waals surface area contributed by atoms with Gasteiger partial charge in [0.1, 0.15) is 11.7 Å². The first-order chi connectivity index (χ1) is 19.2. The van der Waals surface area contributed by atoms with E-state index in [0.29, 0.717) is 40.4 Å². The number of nitrogens with zero attached hydrogens (tertiary/aromatic N) is 3. The molecule has 3 amide bonds. The van der Waals surface area contributed by atoms with E-state index in [0.717, 1.165) is 18.7 Å². The summed E-state index contributed by atoms with van der Waals surface area (Å²) in [6.07, 6.45) is 0.225. The number of anilines is 3. The Labute approximate surface area is 232 Å². The highest BCUT2D eigenvalue weighted by Crippen LogP contribution is 2.37. The predicted octanol–water partition coefficient (Wildman–Crippen LogP) is 5.17. The highest BCUT2D eigenvalue weighted by atomic mass is 19.1. The van der Waals surface area contributed by atoms with Gasteiger partial charge in [-0.15, -0.1) is 0 Å². The molecule has 0 saturated carbocycles. The minimum absolute atomic E-state index is 0.0529. The van der Waals surface area contributed by atoms with E-state index in [9.17, 15) is 18.8 Å². The van der Waals surface area contributed by atoms with Gasteiger partial charge in [0.2, 0.25) is 11.8 Å². The van der Waals surface area contributed by atoms with E-state index in [1.165, 1.54) is 26.2 Å². The van der Waals surface area contributed by atoms with Crippen molar-refractivity contribution < 1.29 is 23.5 Å². The molecule has 3 aromatic rings. The number of fused-ring (bicyclic) bond motifs is 1. The number of benzene rings is 3. The fourth-order valence-corrected chi connectivity index (χ4v) is 4.55. The van der Waals surface area contributed by atoms with Gasteiger partial charge in [0.25, 0.3) is 0 Å². The van der Waals surface area contributed by atoms with Gasteiger partial charge in [-0.3, -0.25) is 19.9 Å². The fourth-order valence-electron chi connectivity index (χ4n) is 4.55. The normalized spacial score (nSPS) is 14.5. The van der Waals surface area contributed by atoms with Crippen LogP contribution < -0.4 is 15.5 Å². The van der Waals surface area contributed by atoms with Crippen LogP contribution in [0.5, 0.6) is 0 Å². The highest BCUT2D eigenvalue weighted by Gasteiger charge is 2.35. The summed E-state index contributed by atoms with van der Waals surface area (Å²) in [6.45, 7) is 2.98. The molecule has 0 saturated heterocycles. The van der Waals surface area contributed by atoms with Crippen LogP contribution in [0, 0.1) is 5.82 Å². The van der Waals surface area contributed by atoms with Crippen LogP contribution in [-0.4, -0.2) is 62.8 Å². The summed E-state index contributed by atoms with van der Waals surface area (Å²) in [4.78, 5) is 45.7. The monoisotopic (exact) mass is 545 g/mol. The summed E-state index contributed by atoms with van der Waals surface area (Å²) in [7, 11) is 5.26. The lowest BCUT2D eigenvalue weighted by Gasteiger charge is -2.22. The molecule has 0 fully saturated rings. The van der Waals surface area contributed by atoms with Crippen molar-refractivity contribution in [3.8, 4) is 0 Å². The third kappa shape index (κ3) is 6.70. The second-order valence-corrected chi connectivity index (χ2v) is 9.69. The molecule has 1 heterocycles. The smallest absolute Gasteiger partial charge is 0.411 e. The average Bonchev–Trinajstić information content (AvgIpc) is 3.24. The van der Waals surface area contributed by atoms with Crippen LogP contribution in [0.1, 0.15) is 30.4 Å². The van der Waals surface area contributed by atoms with Crippen molar-refractivity contribution in [1.29, 1.82) is 0 Å². The molecule has 0 radical (unpaired) electrons. The van der Waals surface area contributed by atoms with Crippen LogP contribution in [0.15, 0.2) is 71.7 Å². The number of carbonyl (C=O) groups excluding carboxylic acids is 3. The van der Waals surface area contributed by atoms with E-state index in [4.69, 9.17) is 4.99 Å². The van der Waals surface area contributed by atoms with Crippen LogP contribution in [0.2, 0.25) is 0 Å². The number of methoxy groups -OCH3 is 1. The van der Waals surface area contributed by atoms with Crippen LogP contribution in [0.25, 0.3) is 0 Å². The van der Waals surface area contributed by atoms with E-state index < -0.39 is 17.8 Å². The zero-order valence-corrected chi connectivity index (χ0v) is 22.9. The summed E-state index contributed by atoms with van der Waals surface area (Å²) >= 11 is 0. The first kappa shape index (κ1) is 28.4. The van der Waals surface area contributed by atoms with Crippen molar-refractivity contribution in [2.24, 2.45) is 4.99 Å². The largest absolute Gasteiger partial charge is 0.453 e. The maximum absolute atomic E-state index is 13.9. The Morgan fingerprint density at radius 1 is 1.02 bits per heavy atom. The Kier molecular flexibility index (Phi) is 8.90. The molecule has 10 heteroatoms. The van der Waals surface area contributed by atoms with Crippen molar-refractivity contribution in [1.82, 2.24) is 4.90 Å². The number of ether oxygens (including phenoxy) is 1. The quantitative estimate of drug-likeness (QED) is 0.362. The van der Waals surface area contributed by atoms with Gasteiger partial charge in [-0.25, -0.2) is 9.18 Å². The average molecular weight is 546 g/mol. The summed E-state index contributed by atoms with van der Waals surface area (Å²) in [6, 6.07) is 18.3. The molecular formula is C30H32FN5O4. The molecule has 0 aromatic heterocycles. The molecule has 0 bridgehead atoms. The van der Waals surface area contributed by atoms with Crippen molar-refractivity contribution in [2.45, 2.75) is 19.3 Å². The predicted molar refractivity (Wildman–Crippen MR) is 154 cm³/mol. The van der Waals surface area contributed by atoms with Crippen LogP contribution in [0.4, 0.5) is 31.9 Å². The molecule has 1 atom stereocenters. The highest BCUT2D eigenvalue weighted by molar-refractivity contribution is 6.24. The van der Waals surface area contributed by atoms with Gasteiger partial charge >= 0.3 is 6.09 Å². The minimum atomic E-state index is -0.783. The third-order valence-electron chi connectivity index (χ3n) is 6.51. The molecule has 9 nitrogen and oxygen atoms in total. The molecule has 40 heavy (non-hydrogen) atoms. The lowest BCUT2D eigenvalue weighted by atomic mass is 9.90. The Morgan fingerprint density at radius 3 is 2.35 bits per heavy atom. The van der Waals surface area contributed by atoms with Crippen molar-refractivity contribution >= 4 is 46.4 Å². The molecule has 1 aliphatic rings. The first-order valence-electron chi connectivity index (χ1n) is 12.8. The van der Waals surface area contributed by atoms with Crippen molar-refractivity contribution in [3.05, 3.63) is 83.7 Å². The minimum Gasteiger partial charge on any atom is -0.453 e. The Balaban J connectivity index is 1.70. The SMILES string of the molecule is COC(=O)Nc1ccc(C(=Nc2ccc(N(CCCN(C)C)C(C)=O)cc2)C2C(=O)Nc3cc(F)ccc32)cc1. The van der Waals surface area contributed by atoms with Gasteiger partial charge < -0.3 is 19.9 Å². The number of halogens is 1. The van der Waals surface area contributed by atoms with Gasteiger partial charge in [0.05, 0.1) is 18.5 Å². The van der Waals surface area contributed by atoms with Crippen LogP contribution in [0.3, 0.4) is 0 Å². The number of amides is 3. The first-order valence-corrected chi connectivity index (χ1v) is 12.8. The van der Waals surface area contributed by atoms with E-state index in [2.05, 4.69) is 20.3 Å². The number of hydrogen-bond donors (Lipinski definition) is 2. The zero-order valence-electron chi connectivity index (χ0n) is 22.9. The van der Waals surface area contributed by atoms with E-state index in [1.54, 1.807) is 47.4 Å². The third-order valence-corrected chi connectivity index (χ3v) is 6.51. The van der Waals surface area contributed by atoms with E-state index >= 15 is 0 Å². The van der Waals surface area contributed by atoms with Crippen molar-refractivity contribution in [2.75, 3.05) is 49.8 Å². The number of nitrogens with one attached hydrogen (secondary N) is 2. The van der Waals surface area contributed by atoms with Gasteiger partial charge in [-0.2, -0.15) is 0 Å². The number of rotatable bonds is 9. The van der Waals surface area contributed by atoms with Gasteiger partial charge in [-0.05, 0) is 86.7 Å². The Bertz CT molecular complexity index is 1420. The zero-order chi connectivity index (χ0) is 28.8. The van der Waals surface area contributed by atoms with E-state index in [1.807, 2.05) is 26.2 Å². The maximum Gasteiger partial charge on any atom is 0.411 e. The van der Waals surface area contributed by atoms with E-state index in [-0.39, 0.29) is 11.8 Å². The van der Waals surface area contributed by atoms with Crippen LogP contribution in [-0.2, 0) is 14.3 Å². The summed E-state index contributed by atoms with van der Waals surface area (Å²) in [5, 5.41) is 5.35. The summed E-state index contributed by atoms with van der Waals surface area (Å²) in [5.41, 5.74) is 3.95. The molecule has 208 valence electrons. The number of aliphatic imine (C=N–C) groups is 1. The van der Waals surface area contributed by atoms with Crippen molar-refractivity contribution in [3.63, 3.8) is 0 Å².